The van der Waals surface area contributed by atoms with Gasteiger partial charge in [-0.1, -0.05) is 0 Å². The maximum Gasteiger partial charge on any atom is 0.315 e. The fourth-order valence-corrected chi connectivity index (χ4v) is 3.64. The van der Waals surface area contributed by atoms with E-state index < -0.39 is 6.04 Å². The Morgan fingerprint density at radius 1 is 1.44 bits per heavy atom. The molecule has 0 bridgehead atoms. The minimum absolute atomic E-state index is 0.124. The molecule has 0 aromatic carbocycles. The third-order valence-corrected chi connectivity index (χ3v) is 5.27. The number of rotatable bonds is 4. The summed E-state index contributed by atoms with van der Waals surface area (Å²) in [5.41, 5.74) is 0.982. The van der Waals surface area contributed by atoms with Gasteiger partial charge < -0.3 is 10.6 Å². The summed E-state index contributed by atoms with van der Waals surface area (Å²) in [6, 6.07) is 0.912. The molecule has 1 atom stereocenters. The number of thiazole rings is 1. The molecule has 134 valence electrons. The van der Waals surface area contributed by atoms with Gasteiger partial charge in [0.15, 0.2) is 5.82 Å². The van der Waals surface area contributed by atoms with E-state index in [-0.39, 0.29) is 11.9 Å². The number of anilines is 1. The molecule has 2 aromatic rings. The lowest BCUT2D eigenvalue weighted by molar-refractivity contribution is -0.121. The van der Waals surface area contributed by atoms with Crippen molar-refractivity contribution in [2.45, 2.75) is 39.3 Å². The van der Waals surface area contributed by atoms with Crippen LogP contribution in [-0.4, -0.2) is 39.3 Å². The number of piperidine rings is 1. The summed E-state index contributed by atoms with van der Waals surface area (Å²) in [4.78, 5) is 31.9. The van der Waals surface area contributed by atoms with Gasteiger partial charge in [-0.15, -0.1) is 11.3 Å². The van der Waals surface area contributed by atoms with E-state index in [4.69, 9.17) is 0 Å². The van der Waals surface area contributed by atoms with Gasteiger partial charge in [-0.2, -0.15) is 5.10 Å². The van der Waals surface area contributed by atoms with Crippen LogP contribution in [0.3, 0.4) is 0 Å². The van der Waals surface area contributed by atoms with Crippen molar-refractivity contribution in [2.24, 2.45) is 7.05 Å². The number of carbonyl (C=O) groups is 2. The number of hydrogen-bond donors (Lipinski definition) is 2. The largest absolute Gasteiger partial charge is 0.332 e. The van der Waals surface area contributed by atoms with Gasteiger partial charge in [0.2, 0.25) is 0 Å². The Bertz CT molecular complexity index is 764. The highest BCUT2D eigenvalue weighted by Crippen LogP contribution is 2.19. The van der Waals surface area contributed by atoms with Gasteiger partial charge in [-0.25, -0.2) is 9.78 Å². The highest BCUT2D eigenvalue weighted by Gasteiger charge is 2.31. The molecule has 3 heterocycles. The van der Waals surface area contributed by atoms with E-state index in [0.29, 0.717) is 25.3 Å². The Morgan fingerprint density at radius 3 is 2.88 bits per heavy atom. The molecular weight excluding hydrogens is 340 g/mol. The molecule has 1 fully saturated rings. The third kappa shape index (κ3) is 3.98. The average Bonchev–Trinajstić information content (AvgIpc) is 3.13. The zero-order valence-electron chi connectivity index (χ0n) is 14.6. The van der Waals surface area contributed by atoms with E-state index in [1.807, 2.05) is 20.9 Å². The van der Waals surface area contributed by atoms with Crippen LogP contribution in [0.1, 0.15) is 28.4 Å². The Hall–Kier alpha value is -2.42. The third-order valence-electron chi connectivity index (χ3n) is 4.19. The molecule has 2 N–H and O–H groups in total. The lowest BCUT2D eigenvalue weighted by Crippen LogP contribution is -2.54. The molecule has 3 amide bonds. The molecule has 0 unspecified atom stereocenters. The van der Waals surface area contributed by atoms with Crippen LogP contribution < -0.4 is 15.5 Å². The van der Waals surface area contributed by atoms with Gasteiger partial charge in [0.1, 0.15) is 11.0 Å². The summed E-state index contributed by atoms with van der Waals surface area (Å²) in [7, 11) is 1.81. The monoisotopic (exact) mass is 362 g/mol. The summed E-state index contributed by atoms with van der Waals surface area (Å²) in [5, 5.41) is 10.7. The van der Waals surface area contributed by atoms with Gasteiger partial charge in [-0.3, -0.25) is 14.4 Å². The molecule has 0 radical (unpaired) electrons. The van der Waals surface area contributed by atoms with Crippen LogP contribution in [0.15, 0.2) is 12.3 Å². The van der Waals surface area contributed by atoms with Gasteiger partial charge in [-0.05, 0) is 26.7 Å². The first-order valence-corrected chi connectivity index (χ1v) is 9.04. The van der Waals surface area contributed by atoms with Crippen LogP contribution >= 0.6 is 11.3 Å². The highest BCUT2D eigenvalue weighted by molar-refractivity contribution is 7.11. The molecule has 8 nitrogen and oxygen atoms in total. The van der Waals surface area contributed by atoms with Gasteiger partial charge in [0.25, 0.3) is 5.91 Å². The maximum absolute atomic E-state index is 12.6. The van der Waals surface area contributed by atoms with Gasteiger partial charge in [0, 0.05) is 30.7 Å². The van der Waals surface area contributed by atoms with E-state index in [1.54, 1.807) is 33.2 Å². The van der Waals surface area contributed by atoms with Crippen LogP contribution in [0.2, 0.25) is 0 Å². The molecule has 1 aliphatic rings. The maximum atomic E-state index is 12.6. The number of carbonyl (C=O) groups excluding carboxylic acids is 2. The standard InChI is InChI=1S/C16H22N6O2S/c1-10-11(2)25-14(18-10)9-17-16(24)19-12-5-4-7-22(15(12)23)13-6-8-21(3)20-13/h6,8,12H,4-5,7,9H2,1-3H3,(H2,17,19,24)/t12-/m0/s1. The molecule has 1 aliphatic heterocycles. The van der Waals surface area contributed by atoms with Crippen LogP contribution in [0, 0.1) is 13.8 Å². The number of nitrogens with zero attached hydrogens (tertiary/aromatic N) is 4. The normalized spacial score (nSPS) is 17.6. The smallest absolute Gasteiger partial charge is 0.315 e. The molecule has 25 heavy (non-hydrogen) atoms. The number of urea groups is 1. The first-order valence-electron chi connectivity index (χ1n) is 8.22. The summed E-state index contributed by atoms with van der Waals surface area (Å²) in [5.74, 6) is 0.495. The van der Waals surface area contributed by atoms with E-state index in [9.17, 15) is 9.59 Å². The molecule has 3 rings (SSSR count). The second-order valence-electron chi connectivity index (χ2n) is 6.11. The van der Waals surface area contributed by atoms with Crippen LogP contribution in [0.25, 0.3) is 0 Å². The topological polar surface area (TPSA) is 92.2 Å². The summed E-state index contributed by atoms with van der Waals surface area (Å²) in [6.07, 6.45) is 3.24. The number of hydrogen-bond acceptors (Lipinski definition) is 5. The molecule has 0 saturated carbocycles. The predicted octanol–water partition coefficient (Wildman–Crippen LogP) is 1.49. The van der Waals surface area contributed by atoms with E-state index in [0.717, 1.165) is 22.0 Å². The van der Waals surface area contributed by atoms with Crippen molar-refractivity contribution in [3.63, 3.8) is 0 Å². The highest BCUT2D eigenvalue weighted by atomic mass is 32.1. The zero-order chi connectivity index (χ0) is 18.0. The Kier molecular flexibility index (Phi) is 5.03. The van der Waals surface area contributed by atoms with Crippen molar-refractivity contribution >= 4 is 29.1 Å². The molecule has 9 heteroatoms. The molecular formula is C16H22N6O2S. The van der Waals surface area contributed by atoms with Crippen molar-refractivity contribution in [1.29, 1.82) is 0 Å². The van der Waals surface area contributed by atoms with Gasteiger partial charge in [0.05, 0.1) is 12.2 Å². The van der Waals surface area contributed by atoms with Crippen LogP contribution in [0.4, 0.5) is 10.6 Å². The Balaban J connectivity index is 1.56. The fourth-order valence-electron chi connectivity index (χ4n) is 2.76. The lowest BCUT2D eigenvalue weighted by atomic mass is 10.1. The SMILES string of the molecule is Cc1nc(CNC(=O)N[C@H]2CCCN(c3ccn(C)n3)C2=O)sc1C. The number of aryl methyl sites for hydroxylation is 3. The second kappa shape index (κ2) is 7.22. The molecule has 0 spiro atoms. The predicted molar refractivity (Wildman–Crippen MR) is 95.5 cm³/mol. The Morgan fingerprint density at radius 2 is 2.24 bits per heavy atom. The van der Waals surface area contributed by atoms with Crippen molar-refractivity contribution in [3.8, 4) is 0 Å². The summed E-state index contributed by atoms with van der Waals surface area (Å²) in [6.45, 7) is 4.93. The number of amides is 3. The Labute approximate surface area is 150 Å². The quantitative estimate of drug-likeness (QED) is 0.862. The average molecular weight is 362 g/mol. The molecule has 2 aromatic heterocycles. The fraction of sp³-hybridized carbons (Fsp3) is 0.500. The minimum atomic E-state index is -0.532. The lowest BCUT2D eigenvalue weighted by Gasteiger charge is -2.31. The van der Waals surface area contributed by atoms with Crippen LogP contribution in [-0.2, 0) is 18.4 Å². The van der Waals surface area contributed by atoms with Crippen LogP contribution in [0.5, 0.6) is 0 Å². The van der Waals surface area contributed by atoms with Gasteiger partial charge >= 0.3 is 6.03 Å². The van der Waals surface area contributed by atoms with Crippen molar-refractivity contribution in [3.05, 3.63) is 27.8 Å². The van der Waals surface area contributed by atoms with E-state index in [1.165, 1.54) is 0 Å². The first-order chi connectivity index (χ1) is 11.9. The zero-order valence-corrected chi connectivity index (χ0v) is 15.4. The minimum Gasteiger partial charge on any atom is -0.332 e. The number of nitrogens with one attached hydrogen (secondary N) is 2. The van der Waals surface area contributed by atoms with Crippen molar-refractivity contribution in [2.75, 3.05) is 11.4 Å². The second-order valence-corrected chi connectivity index (χ2v) is 7.40. The number of aromatic nitrogens is 3. The van der Waals surface area contributed by atoms with Crippen molar-refractivity contribution < 1.29 is 9.59 Å². The van der Waals surface area contributed by atoms with Crippen molar-refractivity contribution in [1.82, 2.24) is 25.4 Å². The van der Waals surface area contributed by atoms with E-state index >= 15 is 0 Å². The first kappa shape index (κ1) is 17.4. The summed E-state index contributed by atoms with van der Waals surface area (Å²) >= 11 is 1.56. The van der Waals surface area contributed by atoms with E-state index in [2.05, 4.69) is 20.7 Å². The summed E-state index contributed by atoms with van der Waals surface area (Å²) < 4.78 is 1.66. The molecule has 0 aliphatic carbocycles. The molecule has 1 saturated heterocycles.